The molecule has 0 atom stereocenters. The number of carbonyl (C=O) groups excluding carboxylic acids is 1. The van der Waals surface area contributed by atoms with Gasteiger partial charge in [-0.3, -0.25) is 9.48 Å². The fraction of sp³-hybridized carbons (Fsp3) is 0.692. The van der Waals surface area contributed by atoms with Crippen molar-refractivity contribution in [1.82, 2.24) is 14.7 Å². The second kappa shape index (κ2) is 5.00. The summed E-state index contributed by atoms with van der Waals surface area (Å²) >= 11 is 0. The van der Waals surface area contributed by atoms with Gasteiger partial charge in [-0.2, -0.15) is 5.10 Å². The molecule has 1 fully saturated rings. The van der Waals surface area contributed by atoms with Crippen LogP contribution in [-0.2, 0) is 6.54 Å². The van der Waals surface area contributed by atoms with Gasteiger partial charge in [-0.1, -0.05) is 0 Å². The van der Waals surface area contributed by atoms with Gasteiger partial charge < -0.3 is 10.6 Å². The van der Waals surface area contributed by atoms with Gasteiger partial charge in [0.15, 0.2) is 5.69 Å². The summed E-state index contributed by atoms with van der Waals surface area (Å²) in [6.45, 7) is 7.60. The van der Waals surface area contributed by atoms with Gasteiger partial charge in [0.1, 0.15) is 0 Å². The molecule has 1 aliphatic rings. The third-order valence-electron chi connectivity index (χ3n) is 3.35. The summed E-state index contributed by atoms with van der Waals surface area (Å²) in [5, 5.41) is 4.26. The molecule has 1 heterocycles. The normalized spacial score (nSPS) is 15.1. The zero-order valence-electron chi connectivity index (χ0n) is 11.4. The van der Waals surface area contributed by atoms with Gasteiger partial charge in [0, 0.05) is 25.3 Å². The maximum Gasteiger partial charge on any atom is 0.276 e. The maximum absolute atomic E-state index is 12.5. The second-order valence-corrected chi connectivity index (χ2v) is 5.28. The molecule has 1 aromatic heterocycles. The highest BCUT2D eigenvalue weighted by Gasteiger charge is 2.30. The third-order valence-corrected chi connectivity index (χ3v) is 3.35. The van der Waals surface area contributed by atoms with Crippen molar-refractivity contribution in [2.24, 2.45) is 5.92 Å². The lowest BCUT2D eigenvalue weighted by atomic mass is 10.2. The minimum absolute atomic E-state index is 0.0402. The van der Waals surface area contributed by atoms with Crippen LogP contribution in [0.25, 0.3) is 0 Å². The molecule has 18 heavy (non-hydrogen) atoms. The Morgan fingerprint density at radius 2 is 2.28 bits per heavy atom. The van der Waals surface area contributed by atoms with Crippen LogP contribution in [0.4, 0.5) is 5.69 Å². The first-order valence-corrected chi connectivity index (χ1v) is 6.66. The summed E-state index contributed by atoms with van der Waals surface area (Å²) in [5.41, 5.74) is 6.74. The zero-order valence-corrected chi connectivity index (χ0v) is 11.4. The minimum atomic E-state index is -0.0402. The number of hydrogen-bond donors (Lipinski definition) is 1. The molecule has 5 nitrogen and oxygen atoms in total. The Labute approximate surface area is 108 Å². The Hall–Kier alpha value is -1.52. The molecule has 1 saturated carbocycles. The lowest BCUT2D eigenvalue weighted by Gasteiger charge is -2.26. The predicted molar refractivity (Wildman–Crippen MR) is 71.2 cm³/mol. The average molecular weight is 250 g/mol. The monoisotopic (exact) mass is 250 g/mol. The van der Waals surface area contributed by atoms with Crippen LogP contribution in [0.5, 0.6) is 0 Å². The highest BCUT2D eigenvalue weighted by molar-refractivity contribution is 5.97. The first-order valence-electron chi connectivity index (χ1n) is 6.66. The van der Waals surface area contributed by atoms with Gasteiger partial charge in [-0.15, -0.1) is 0 Å². The molecule has 0 aromatic carbocycles. The van der Waals surface area contributed by atoms with Gasteiger partial charge in [0.25, 0.3) is 5.91 Å². The maximum atomic E-state index is 12.5. The molecule has 5 heteroatoms. The molecule has 0 saturated heterocycles. The third kappa shape index (κ3) is 2.66. The molecule has 2 rings (SSSR count). The number of aromatic nitrogens is 2. The molecule has 0 bridgehead atoms. The van der Waals surface area contributed by atoms with E-state index in [1.54, 1.807) is 10.9 Å². The summed E-state index contributed by atoms with van der Waals surface area (Å²) in [6, 6.07) is 0.185. The summed E-state index contributed by atoms with van der Waals surface area (Å²) in [4.78, 5) is 14.4. The first-order chi connectivity index (χ1) is 8.52. The summed E-state index contributed by atoms with van der Waals surface area (Å²) < 4.78 is 1.71. The molecule has 0 unspecified atom stereocenters. The predicted octanol–water partition coefficient (Wildman–Crippen LogP) is 1.75. The van der Waals surface area contributed by atoms with Crippen LogP contribution in [0.3, 0.4) is 0 Å². The van der Waals surface area contributed by atoms with Crippen molar-refractivity contribution in [2.75, 3.05) is 12.3 Å². The van der Waals surface area contributed by atoms with Crippen molar-refractivity contribution in [3.8, 4) is 0 Å². The molecule has 1 aromatic rings. The van der Waals surface area contributed by atoms with E-state index in [1.807, 2.05) is 25.7 Å². The Kier molecular flexibility index (Phi) is 3.59. The van der Waals surface area contributed by atoms with E-state index in [2.05, 4.69) is 5.10 Å². The second-order valence-electron chi connectivity index (χ2n) is 5.28. The number of anilines is 1. The first kappa shape index (κ1) is 12.9. The van der Waals surface area contributed by atoms with Crippen molar-refractivity contribution in [2.45, 2.75) is 46.2 Å². The number of carbonyl (C=O) groups is 1. The summed E-state index contributed by atoms with van der Waals surface area (Å²) in [7, 11) is 0. The number of hydrogen-bond acceptors (Lipinski definition) is 3. The van der Waals surface area contributed by atoms with Crippen molar-refractivity contribution in [3.63, 3.8) is 0 Å². The molecule has 0 spiro atoms. The largest absolute Gasteiger partial charge is 0.396 e. The Balaban J connectivity index is 2.17. The number of nitrogen functional groups attached to an aromatic ring is 1. The number of rotatable bonds is 5. The molecule has 1 amide bonds. The van der Waals surface area contributed by atoms with Crippen LogP contribution in [0.1, 0.15) is 44.1 Å². The number of amides is 1. The molecule has 0 radical (unpaired) electrons. The average Bonchev–Trinajstić information content (AvgIpc) is 3.06. The van der Waals surface area contributed by atoms with Gasteiger partial charge in [0.05, 0.1) is 5.69 Å². The molecule has 1 aliphatic carbocycles. The minimum Gasteiger partial charge on any atom is -0.396 e. The fourth-order valence-corrected chi connectivity index (χ4v) is 2.01. The van der Waals surface area contributed by atoms with E-state index in [9.17, 15) is 4.79 Å². The van der Waals surface area contributed by atoms with Gasteiger partial charge in [-0.25, -0.2) is 0 Å². The molecule has 0 aliphatic heterocycles. The van der Waals surface area contributed by atoms with Crippen LogP contribution in [0.2, 0.25) is 0 Å². The Morgan fingerprint density at radius 1 is 1.61 bits per heavy atom. The van der Waals surface area contributed by atoms with Gasteiger partial charge in [0.2, 0.25) is 0 Å². The number of nitrogens with zero attached hydrogens (tertiary/aromatic N) is 3. The SMILES string of the molecule is CCn1cc(N)c(C(=O)N(CC2CC2)C(C)C)n1. The number of aryl methyl sites for hydroxylation is 1. The van der Waals surface area contributed by atoms with E-state index < -0.39 is 0 Å². The van der Waals surface area contributed by atoms with Crippen molar-refractivity contribution in [3.05, 3.63) is 11.9 Å². The fourth-order valence-electron chi connectivity index (χ4n) is 2.01. The van der Waals surface area contributed by atoms with Crippen LogP contribution in [0, 0.1) is 5.92 Å². The van der Waals surface area contributed by atoms with Crippen molar-refractivity contribution < 1.29 is 4.79 Å². The van der Waals surface area contributed by atoms with Crippen LogP contribution < -0.4 is 5.73 Å². The van der Waals surface area contributed by atoms with E-state index in [4.69, 9.17) is 5.73 Å². The van der Waals surface area contributed by atoms with E-state index >= 15 is 0 Å². The standard InChI is InChI=1S/C13H22N4O/c1-4-16-8-11(14)12(15-16)13(18)17(9(2)3)7-10-5-6-10/h8-10H,4-7,14H2,1-3H3. The Morgan fingerprint density at radius 3 is 2.72 bits per heavy atom. The van der Waals surface area contributed by atoms with E-state index in [-0.39, 0.29) is 11.9 Å². The van der Waals surface area contributed by atoms with Crippen LogP contribution in [-0.4, -0.2) is 33.2 Å². The Bertz CT molecular complexity index is 434. The lowest BCUT2D eigenvalue weighted by Crippen LogP contribution is -2.39. The van der Waals surface area contributed by atoms with E-state index in [0.29, 0.717) is 17.3 Å². The van der Waals surface area contributed by atoms with E-state index in [1.165, 1.54) is 12.8 Å². The quantitative estimate of drug-likeness (QED) is 0.865. The van der Waals surface area contributed by atoms with Crippen molar-refractivity contribution >= 4 is 11.6 Å². The van der Waals surface area contributed by atoms with Crippen LogP contribution >= 0.6 is 0 Å². The zero-order chi connectivity index (χ0) is 13.3. The van der Waals surface area contributed by atoms with E-state index in [0.717, 1.165) is 13.1 Å². The van der Waals surface area contributed by atoms with Crippen LogP contribution in [0.15, 0.2) is 6.20 Å². The topological polar surface area (TPSA) is 64.2 Å². The highest BCUT2D eigenvalue weighted by atomic mass is 16.2. The molecular formula is C13H22N4O. The summed E-state index contributed by atoms with van der Waals surface area (Å²) in [6.07, 6.45) is 4.19. The molecule has 100 valence electrons. The highest BCUT2D eigenvalue weighted by Crippen LogP contribution is 2.31. The van der Waals surface area contributed by atoms with Gasteiger partial charge >= 0.3 is 0 Å². The summed E-state index contributed by atoms with van der Waals surface area (Å²) in [5.74, 6) is 0.632. The number of nitrogens with two attached hydrogens (primary N) is 1. The van der Waals surface area contributed by atoms with Crippen molar-refractivity contribution in [1.29, 1.82) is 0 Å². The lowest BCUT2D eigenvalue weighted by molar-refractivity contribution is 0.0690. The van der Waals surface area contributed by atoms with Gasteiger partial charge in [-0.05, 0) is 39.5 Å². The smallest absolute Gasteiger partial charge is 0.276 e. The molecular weight excluding hydrogens is 228 g/mol. The molecule has 2 N–H and O–H groups in total.